The molecule has 3 heteroatoms. The van der Waals surface area contributed by atoms with Crippen molar-refractivity contribution in [1.29, 1.82) is 0 Å². The zero-order valence-electron chi connectivity index (χ0n) is 12.0. The average molecular weight is 273 g/mol. The maximum Gasteiger partial charge on any atom is 0.00581 e. The maximum absolute atomic E-state index is 3.57. The van der Waals surface area contributed by atoms with Gasteiger partial charge in [-0.05, 0) is 51.1 Å². The first-order chi connectivity index (χ1) is 9.00. The van der Waals surface area contributed by atoms with Crippen molar-refractivity contribution in [1.82, 2.24) is 10.6 Å². The van der Waals surface area contributed by atoms with Crippen LogP contribution in [0.15, 0.2) is 0 Å². The van der Waals surface area contributed by atoms with Crippen molar-refractivity contribution in [2.45, 2.75) is 57.8 Å². The fraction of sp³-hybridized carbons (Fsp3) is 1.00. The van der Waals surface area contributed by atoms with Gasteiger partial charge in [0.2, 0.25) is 0 Å². The van der Waals surface area contributed by atoms with E-state index in [4.69, 9.17) is 0 Å². The van der Waals surface area contributed by atoms with Crippen molar-refractivity contribution < 1.29 is 0 Å². The highest BCUT2D eigenvalue weighted by Gasteiger charge is 1.95. The Morgan fingerprint density at radius 2 is 0.944 bits per heavy atom. The standard InChI is InChI=1S/C15H32N2S/c1-2-4-7-12-17-13-15-18-14-9-5-8-11-16-10-6-3-1/h16-17H,1-15H2. The summed E-state index contributed by atoms with van der Waals surface area (Å²) in [5.74, 6) is 2.64. The molecule has 0 saturated carbocycles. The predicted molar refractivity (Wildman–Crippen MR) is 84.6 cm³/mol. The van der Waals surface area contributed by atoms with Gasteiger partial charge >= 0.3 is 0 Å². The maximum atomic E-state index is 3.57. The predicted octanol–water partition coefficient (Wildman–Crippen LogP) is 3.42. The number of nitrogens with one attached hydrogen (secondary N) is 2. The fourth-order valence-corrected chi connectivity index (χ4v) is 3.24. The second kappa shape index (κ2) is 13.7. The Balaban J connectivity index is 2.00. The third-order valence-electron chi connectivity index (χ3n) is 3.52. The van der Waals surface area contributed by atoms with Crippen LogP contribution in [-0.2, 0) is 0 Å². The Labute approximate surface area is 118 Å². The SMILES string of the molecule is C1CCCCNCCSCCCCCNCCC1. The number of thioether (sulfide) groups is 1. The Bertz CT molecular complexity index is 89.5. The highest BCUT2D eigenvalue weighted by molar-refractivity contribution is 7.99. The van der Waals surface area contributed by atoms with E-state index in [9.17, 15) is 0 Å². The molecule has 0 aromatic carbocycles. The fourth-order valence-electron chi connectivity index (χ4n) is 2.33. The lowest BCUT2D eigenvalue weighted by Gasteiger charge is -2.07. The summed E-state index contributed by atoms with van der Waals surface area (Å²) in [5.41, 5.74) is 0. The third-order valence-corrected chi connectivity index (χ3v) is 4.59. The second-order valence-electron chi connectivity index (χ2n) is 5.29. The van der Waals surface area contributed by atoms with Crippen LogP contribution in [0.4, 0.5) is 0 Å². The summed E-state index contributed by atoms with van der Waals surface area (Å²) >= 11 is 2.11. The molecule has 18 heavy (non-hydrogen) atoms. The normalized spacial score (nSPS) is 24.0. The second-order valence-corrected chi connectivity index (χ2v) is 6.52. The van der Waals surface area contributed by atoms with Crippen LogP contribution in [0.1, 0.15) is 57.8 Å². The summed E-state index contributed by atoms with van der Waals surface area (Å²) in [6, 6.07) is 0. The van der Waals surface area contributed by atoms with E-state index < -0.39 is 0 Å². The molecule has 1 rings (SSSR count). The molecule has 0 aliphatic carbocycles. The molecule has 1 heterocycles. The average Bonchev–Trinajstić information content (AvgIpc) is 2.39. The van der Waals surface area contributed by atoms with Gasteiger partial charge in [0.05, 0.1) is 0 Å². The van der Waals surface area contributed by atoms with Gasteiger partial charge in [0.25, 0.3) is 0 Å². The van der Waals surface area contributed by atoms with E-state index in [-0.39, 0.29) is 0 Å². The van der Waals surface area contributed by atoms with Crippen molar-refractivity contribution in [2.24, 2.45) is 0 Å². The van der Waals surface area contributed by atoms with Gasteiger partial charge in [0.15, 0.2) is 0 Å². The minimum Gasteiger partial charge on any atom is -0.317 e. The van der Waals surface area contributed by atoms with Gasteiger partial charge in [0.1, 0.15) is 0 Å². The summed E-state index contributed by atoms with van der Waals surface area (Å²) in [6.45, 7) is 4.89. The molecule has 2 nitrogen and oxygen atoms in total. The smallest absolute Gasteiger partial charge is 0.00581 e. The zero-order chi connectivity index (χ0) is 12.7. The van der Waals surface area contributed by atoms with E-state index in [1.165, 1.54) is 95.5 Å². The first kappa shape index (κ1) is 16.3. The largest absolute Gasteiger partial charge is 0.317 e. The Morgan fingerprint density at radius 3 is 1.61 bits per heavy atom. The first-order valence-electron chi connectivity index (χ1n) is 7.99. The van der Waals surface area contributed by atoms with Crippen molar-refractivity contribution in [3.63, 3.8) is 0 Å². The zero-order valence-corrected chi connectivity index (χ0v) is 12.8. The molecule has 0 unspecified atom stereocenters. The Kier molecular flexibility index (Phi) is 12.4. The van der Waals surface area contributed by atoms with E-state index in [0.29, 0.717) is 0 Å². The van der Waals surface area contributed by atoms with E-state index in [1.807, 2.05) is 0 Å². The molecule has 0 radical (unpaired) electrons. The van der Waals surface area contributed by atoms with E-state index in [0.717, 1.165) is 0 Å². The summed E-state index contributed by atoms with van der Waals surface area (Å²) < 4.78 is 0. The molecule has 0 amide bonds. The summed E-state index contributed by atoms with van der Waals surface area (Å²) in [7, 11) is 0. The number of hydrogen-bond donors (Lipinski definition) is 2. The summed E-state index contributed by atoms with van der Waals surface area (Å²) in [6.07, 6.45) is 12.6. The Hall–Kier alpha value is 0.270. The molecule has 1 aliphatic heterocycles. The molecule has 108 valence electrons. The van der Waals surface area contributed by atoms with Crippen LogP contribution in [0.25, 0.3) is 0 Å². The molecular formula is C15H32N2S. The molecule has 1 aliphatic rings. The molecular weight excluding hydrogens is 240 g/mol. The molecule has 1 fully saturated rings. The molecule has 0 bridgehead atoms. The van der Waals surface area contributed by atoms with Crippen LogP contribution in [0.5, 0.6) is 0 Å². The highest BCUT2D eigenvalue weighted by atomic mass is 32.2. The van der Waals surface area contributed by atoms with Crippen LogP contribution >= 0.6 is 11.8 Å². The first-order valence-corrected chi connectivity index (χ1v) is 9.15. The van der Waals surface area contributed by atoms with Crippen LogP contribution in [0.3, 0.4) is 0 Å². The minimum atomic E-state index is 1.20. The van der Waals surface area contributed by atoms with Crippen molar-refractivity contribution in [3.05, 3.63) is 0 Å². The van der Waals surface area contributed by atoms with E-state index >= 15 is 0 Å². The number of hydrogen-bond acceptors (Lipinski definition) is 3. The van der Waals surface area contributed by atoms with Gasteiger partial charge in [-0.1, -0.05) is 32.1 Å². The van der Waals surface area contributed by atoms with Gasteiger partial charge in [-0.2, -0.15) is 11.8 Å². The lowest BCUT2D eigenvalue weighted by atomic mass is 10.1. The number of rotatable bonds is 0. The minimum absolute atomic E-state index is 1.20. The molecule has 0 aromatic heterocycles. The van der Waals surface area contributed by atoms with Crippen molar-refractivity contribution in [2.75, 3.05) is 37.7 Å². The van der Waals surface area contributed by atoms with Crippen molar-refractivity contribution >= 4 is 11.8 Å². The Morgan fingerprint density at radius 1 is 0.444 bits per heavy atom. The molecule has 0 aromatic rings. The topological polar surface area (TPSA) is 24.1 Å². The quantitative estimate of drug-likeness (QED) is 0.706. The monoisotopic (exact) mass is 272 g/mol. The van der Waals surface area contributed by atoms with Crippen LogP contribution in [0.2, 0.25) is 0 Å². The summed E-state index contributed by atoms with van der Waals surface area (Å²) in [5, 5.41) is 7.13. The van der Waals surface area contributed by atoms with Crippen LogP contribution in [0, 0.1) is 0 Å². The van der Waals surface area contributed by atoms with Gasteiger partial charge in [-0.15, -0.1) is 0 Å². The van der Waals surface area contributed by atoms with Crippen molar-refractivity contribution in [3.8, 4) is 0 Å². The van der Waals surface area contributed by atoms with Gasteiger partial charge in [-0.25, -0.2) is 0 Å². The van der Waals surface area contributed by atoms with Gasteiger partial charge in [0, 0.05) is 12.3 Å². The van der Waals surface area contributed by atoms with E-state index in [2.05, 4.69) is 22.4 Å². The lowest BCUT2D eigenvalue weighted by Crippen LogP contribution is -2.18. The molecule has 1 saturated heterocycles. The van der Waals surface area contributed by atoms with Gasteiger partial charge < -0.3 is 10.6 Å². The summed E-state index contributed by atoms with van der Waals surface area (Å²) in [4.78, 5) is 0. The van der Waals surface area contributed by atoms with Crippen LogP contribution in [-0.4, -0.2) is 37.7 Å². The molecule has 0 atom stereocenters. The lowest BCUT2D eigenvalue weighted by molar-refractivity contribution is 0.545. The van der Waals surface area contributed by atoms with Crippen LogP contribution < -0.4 is 10.6 Å². The molecule has 2 N–H and O–H groups in total. The highest BCUT2D eigenvalue weighted by Crippen LogP contribution is 2.07. The molecule has 0 spiro atoms. The third kappa shape index (κ3) is 11.4. The van der Waals surface area contributed by atoms with E-state index in [1.54, 1.807) is 0 Å². The van der Waals surface area contributed by atoms with Gasteiger partial charge in [-0.3, -0.25) is 0 Å².